The second-order valence-electron chi connectivity index (χ2n) is 3.01. The number of nitrogens with one attached hydrogen (secondary N) is 1. The Hall–Kier alpha value is -1.77. The number of amides is 1. The van der Waals surface area contributed by atoms with Crippen LogP contribution in [0.25, 0.3) is 5.70 Å². The van der Waals surface area contributed by atoms with Crippen LogP contribution >= 0.6 is 0 Å². The Kier molecular flexibility index (Phi) is 4.41. The van der Waals surface area contributed by atoms with Crippen molar-refractivity contribution in [2.75, 3.05) is 7.11 Å². The van der Waals surface area contributed by atoms with E-state index >= 15 is 0 Å². The normalized spacial score (nSPS) is 10.9. The Morgan fingerprint density at radius 2 is 2.07 bits per heavy atom. The summed E-state index contributed by atoms with van der Waals surface area (Å²) in [4.78, 5) is 11.1. The topological polar surface area (TPSA) is 38.3 Å². The van der Waals surface area contributed by atoms with E-state index < -0.39 is 6.09 Å². The molecule has 0 fully saturated rings. The first-order valence-electron chi connectivity index (χ1n) is 4.88. The Morgan fingerprint density at radius 1 is 1.40 bits per heavy atom. The van der Waals surface area contributed by atoms with Gasteiger partial charge in [-0.15, -0.1) is 0 Å². The Labute approximate surface area is 89.8 Å². The van der Waals surface area contributed by atoms with Crippen LogP contribution in [0, 0.1) is 0 Å². The summed E-state index contributed by atoms with van der Waals surface area (Å²) >= 11 is 0. The molecule has 1 rings (SSSR count). The van der Waals surface area contributed by atoms with Crippen molar-refractivity contribution in [1.29, 1.82) is 0 Å². The second-order valence-corrected chi connectivity index (χ2v) is 3.01. The number of allylic oxidation sites excluding steroid dienone is 1. The number of carbonyl (C=O) groups excluding carboxylic acids is 1. The van der Waals surface area contributed by atoms with E-state index in [9.17, 15) is 4.79 Å². The quantitative estimate of drug-likeness (QED) is 0.824. The van der Waals surface area contributed by atoms with Crippen LogP contribution in [-0.2, 0) is 4.74 Å². The van der Waals surface area contributed by atoms with Gasteiger partial charge in [-0.05, 0) is 12.0 Å². The maximum atomic E-state index is 11.1. The van der Waals surface area contributed by atoms with Crippen molar-refractivity contribution >= 4 is 11.8 Å². The van der Waals surface area contributed by atoms with Gasteiger partial charge in [-0.3, -0.25) is 5.32 Å². The smallest absolute Gasteiger partial charge is 0.411 e. The largest absolute Gasteiger partial charge is 0.453 e. The monoisotopic (exact) mass is 205 g/mol. The summed E-state index contributed by atoms with van der Waals surface area (Å²) in [5, 5.41) is 2.68. The third kappa shape index (κ3) is 3.46. The van der Waals surface area contributed by atoms with Gasteiger partial charge >= 0.3 is 6.09 Å². The van der Waals surface area contributed by atoms with Gasteiger partial charge in [-0.2, -0.15) is 0 Å². The van der Waals surface area contributed by atoms with Crippen molar-refractivity contribution in [1.82, 2.24) is 5.32 Å². The fourth-order valence-corrected chi connectivity index (χ4v) is 1.22. The maximum Gasteiger partial charge on any atom is 0.411 e. The molecule has 0 saturated heterocycles. The van der Waals surface area contributed by atoms with Crippen molar-refractivity contribution in [3.05, 3.63) is 42.0 Å². The van der Waals surface area contributed by atoms with Crippen molar-refractivity contribution in [2.45, 2.75) is 13.3 Å². The zero-order valence-electron chi connectivity index (χ0n) is 8.99. The average Bonchev–Trinajstić information content (AvgIpc) is 2.29. The zero-order chi connectivity index (χ0) is 11.1. The van der Waals surface area contributed by atoms with Crippen LogP contribution in [0.4, 0.5) is 4.79 Å². The number of alkyl carbamates (subject to hydrolysis) is 1. The van der Waals surface area contributed by atoms with Crippen LogP contribution in [0.2, 0.25) is 0 Å². The molecule has 0 spiro atoms. The molecule has 0 unspecified atom stereocenters. The molecular formula is C12H15NO2. The number of hydrogen-bond donors (Lipinski definition) is 1. The second kappa shape index (κ2) is 5.86. The highest BCUT2D eigenvalue weighted by Gasteiger charge is 2.04. The third-order valence-electron chi connectivity index (χ3n) is 1.92. The lowest BCUT2D eigenvalue weighted by Crippen LogP contribution is -2.21. The summed E-state index contributed by atoms with van der Waals surface area (Å²) in [5.74, 6) is 0. The van der Waals surface area contributed by atoms with E-state index in [0.717, 1.165) is 17.7 Å². The molecule has 0 aliphatic rings. The molecule has 0 aromatic heterocycles. The van der Waals surface area contributed by atoms with Crippen LogP contribution in [0.15, 0.2) is 36.4 Å². The van der Waals surface area contributed by atoms with Gasteiger partial charge in [0, 0.05) is 5.70 Å². The van der Waals surface area contributed by atoms with Crippen LogP contribution in [0.1, 0.15) is 18.9 Å². The minimum absolute atomic E-state index is 0.446. The molecule has 3 nitrogen and oxygen atoms in total. The number of carbonyl (C=O) groups is 1. The third-order valence-corrected chi connectivity index (χ3v) is 1.92. The molecule has 15 heavy (non-hydrogen) atoms. The highest BCUT2D eigenvalue weighted by molar-refractivity contribution is 5.81. The SMILES string of the molecule is CC/C=C(/NC(=O)OC)c1ccccc1. The van der Waals surface area contributed by atoms with Crippen LogP contribution in [-0.4, -0.2) is 13.2 Å². The summed E-state index contributed by atoms with van der Waals surface area (Å²) < 4.78 is 4.56. The lowest BCUT2D eigenvalue weighted by molar-refractivity contribution is 0.176. The molecule has 0 saturated carbocycles. The van der Waals surface area contributed by atoms with Gasteiger partial charge in [0.2, 0.25) is 0 Å². The van der Waals surface area contributed by atoms with Crippen LogP contribution in [0.3, 0.4) is 0 Å². The van der Waals surface area contributed by atoms with E-state index in [1.165, 1.54) is 7.11 Å². The van der Waals surface area contributed by atoms with E-state index in [-0.39, 0.29) is 0 Å². The molecule has 0 radical (unpaired) electrons. The van der Waals surface area contributed by atoms with E-state index in [0.29, 0.717) is 0 Å². The Balaban J connectivity index is 2.85. The van der Waals surface area contributed by atoms with Gasteiger partial charge in [-0.25, -0.2) is 4.79 Å². The van der Waals surface area contributed by atoms with Gasteiger partial charge in [0.15, 0.2) is 0 Å². The first kappa shape index (κ1) is 11.3. The first-order chi connectivity index (χ1) is 7.27. The summed E-state index contributed by atoms with van der Waals surface area (Å²) in [6.45, 7) is 2.02. The summed E-state index contributed by atoms with van der Waals surface area (Å²) in [7, 11) is 1.35. The number of hydrogen-bond acceptors (Lipinski definition) is 2. The lowest BCUT2D eigenvalue weighted by Gasteiger charge is -2.08. The first-order valence-corrected chi connectivity index (χ1v) is 4.88. The van der Waals surface area contributed by atoms with Gasteiger partial charge in [0.1, 0.15) is 0 Å². The van der Waals surface area contributed by atoms with E-state index in [4.69, 9.17) is 0 Å². The minimum Gasteiger partial charge on any atom is -0.453 e. The van der Waals surface area contributed by atoms with Crippen molar-refractivity contribution < 1.29 is 9.53 Å². The summed E-state index contributed by atoms with van der Waals surface area (Å²) in [5.41, 5.74) is 1.76. The number of methoxy groups -OCH3 is 1. The predicted octanol–water partition coefficient (Wildman–Crippen LogP) is 2.79. The van der Waals surface area contributed by atoms with E-state index in [1.807, 2.05) is 43.3 Å². The highest BCUT2D eigenvalue weighted by Crippen LogP contribution is 2.11. The summed E-state index contributed by atoms with van der Waals surface area (Å²) in [6.07, 6.45) is 2.36. The van der Waals surface area contributed by atoms with Gasteiger partial charge < -0.3 is 4.74 Å². The molecule has 80 valence electrons. The van der Waals surface area contributed by atoms with Crippen LogP contribution < -0.4 is 5.32 Å². The van der Waals surface area contributed by atoms with Crippen molar-refractivity contribution in [2.24, 2.45) is 0 Å². The molecular weight excluding hydrogens is 190 g/mol. The molecule has 0 heterocycles. The molecule has 1 aromatic rings. The van der Waals surface area contributed by atoms with Crippen molar-refractivity contribution in [3.63, 3.8) is 0 Å². The van der Waals surface area contributed by atoms with Gasteiger partial charge in [-0.1, -0.05) is 43.3 Å². The average molecular weight is 205 g/mol. The molecule has 1 N–H and O–H groups in total. The lowest BCUT2D eigenvalue weighted by atomic mass is 10.1. The molecule has 0 aliphatic carbocycles. The Bertz CT molecular complexity index is 344. The fraction of sp³-hybridized carbons (Fsp3) is 0.250. The molecule has 0 aliphatic heterocycles. The molecule has 3 heteroatoms. The Morgan fingerprint density at radius 3 is 2.60 bits per heavy atom. The summed E-state index contributed by atoms with van der Waals surface area (Å²) in [6, 6.07) is 9.68. The highest BCUT2D eigenvalue weighted by atomic mass is 16.5. The van der Waals surface area contributed by atoms with E-state index in [2.05, 4.69) is 10.1 Å². The maximum absolute atomic E-state index is 11.1. The molecule has 0 atom stereocenters. The molecule has 0 bridgehead atoms. The zero-order valence-corrected chi connectivity index (χ0v) is 8.99. The number of rotatable bonds is 3. The van der Waals surface area contributed by atoms with Gasteiger partial charge in [0.25, 0.3) is 0 Å². The van der Waals surface area contributed by atoms with E-state index in [1.54, 1.807) is 0 Å². The van der Waals surface area contributed by atoms with Crippen molar-refractivity contribution in [3.8, 4) is 0 Å². The standard InChI is InChI=1S/C12H15NO2/c1-3-7-11(13-12(14)15-2)10-8-5-4-6-9-10/h4-9H,3H2,1-2H3,(H,13,14)/b11-7+. The van der Waals surface area contributed by atoms with Crippen LogP contribution in [0.5, 0.6) is 0 Å². The predicted molar refractivity (Wildman–Crippen MR) is 60.3 cm³/mol. The minimum atomic E-state index is -0.446. The number of ether oxygens (including phenoxy) is 1. The fourth-order valence-electron chi connectivity index (χ4n) is 1.22. The number of benzene rings is 1. The molecule has 1 aromatic carbocycles. The van der Waals surface area contributed by atoms with Gasteiger partial charge in [0.05, 0.1) is 7.11 Å². The molecule has 1 amide bonds.